The molecule has 1 heteroatoms. The van der Waals surface area contributed by atoms with E-state index in [1.165, 1.54) is 6.42 Å². The number of hydrogen-bond donors (Lipinski definition) is 0. The average Bonchev–Trinajstić information content (AvgIpc) is 2.54. The summed E-state index contributed by atoms with van der Waals surface area (Å²) in [5.41, 5.74) is 0.250. The molecule has 0 radical (unpaired) electrons. The zero-order valence-electron chi connectivity index (χ0n) is 8.32. The topological polar surface area (TPSA) is 12.5 Å². The highest BCUT2D eigenvalue weighted by Crippen LogP contribution is 2.23. The van der Waals surface area contributed by atoms with Gasteiger partial charge in [0, 0.05) is 0 Å². The first kappa shape index (κ1) is 12.6. The lowest BCUT2D eigenvalue weighted by atomic mass is 10.3. The Labute approximate surface area is 65.8 Å². The maximum absolute atomic E-state index is 4.90. The third kappa shape index (κ3) is 15.7. The van der Waals surface area contributed by atoms with Gasteiger partial charge in [0.05, 0.1) is 12.2 Å². The number of ether oxygens (including phenoxy) is 1. The molecule has 0 aromatic carbocycles. The molecule has 1 fully saturated rings. The summed E-state index contributed by atoms with van der Waals surface area (Å²) in [6.07, 6.45) is 1.25. The molecule has 1 aliphatic rings. The second-order valence-electron chi connectivity index (χ2n) is 2.76. The van der Waals surface area contributed by atoms with Gasteiger partial charge in [0.2, 0.25) is 0 Å². The minimum absolute atomic E-state index is 0.250. The molecular weight excluding hydrogens is 124 g/mol. The van der Waals surface area contributed by atoms with Gasteiger partial charge in [-0.05, 0) is 13.8 Å². The van der Waals surface area contributed by atoms with E-state index in [1.807, 2.05) is 13.8 Å². The first-order valence-electron chi connectivity index (χ1n) is 4.26. The van der Waals surface area contributed by atoms with Crippen LogP contribution in [0.5, 0.6) is 0 Å². The molecule has 0 amide bonds. The Balaban J connectivity index is 0. The summed E-state index contributed by atoms with van der Waals surface area (Å²) >= 11 is 0. The van der Waals surface area contributed by atoms with Crippen LogP contribution in [0.1, 0.15) is 48.0 Å². The fourth-order valence-corrected chi connectivity index (χ4v) is 0.144. The molecular formula is C9H22O. The summed E-state index contributed by atoms with van der Waals surface area (Å²) in [7, 11) is 0. The molecule has 0 spiro atoms. The van der Waals surface area contributed by atoms with Crippen LogP contribution in [0.4, 0.5) is 0 Å². The van der Waals surface area contributed by atoms with Crippen molar-refractivity contribution in [2.75, 3.05) is 6.61 Å². The van der Waals surface area contributed by atoms with E-state index in [4.69, 9.17) is 4.74 Å². The van der Waals surface area contributed by atoms with Gasteiger partial charge in [0.1, 0.15) is 0 Å². The standard InChI is InChI=1S/C4H8O.C3H8.C2H6/c1-4(2)3-5-4;1-3-2;1-2/h3H2,1-2H3;3H2,1-2H3;1-2H3. The summed E-state index contributed by atoms with van der Waals surface area (Å²) in [5.74, 6) is 0. The third-order valence-electron chi connectivity index (χ3n) is 0.722. The van der Waals surface area contributed by atoms with Crippen LogP contribution in [-0.2, 0) is 4.74 Å². The Kier molecular flexibility index (Phi) is 8.92. The highest BCUT2D eigenvalue weighted by Gasteiger charge is 2.32. The van der Waals surface area contributed by atoms with Crippen LogP contribution in [0.15, 0.2) is 0 Å². The van der Waals surface area contributed by atoms with Gasteiger partial charge in [-0.1, -0.05) is 34.1 Å². The van der Waals surface area contributed by atoms with Gasteiger partial charge in [0.15, 0.2) is 0 Å². The Morgan fingerprint density at radius 1 is 1.20 bits per heavy atom. The van der Waals surface area contributed by atoms with Gasteiger partial charge in [-0.3, -0.25) is 0 Å². The van der Waals surface area contributed by atoms with Crippen molar-refractivity contribution in [3.8, 4) is 0 Å². The van der Waals surface area contributed by atoms with E-state index in [1.54, 1.807) is 0 Å². The first-order valence-corrected chi connectivity index (χ1v) is 4.26. The van der Waals surface area contributed by atoms with Crippen LogP contribution < -0.4 is 0 Å². The van der Waals surface area contributed by atoms with Gasteiger partial charge in [-0.2, -0.15) is 0 Å². The summed E-state index contributed by atoms with van der Waals surface area (Å²) in [6.45, 7) is 13.4. The lowest BCUT2D eigenvalue weighted by molar-refractivity contribution is 0.344. The van der Waals surface area contributed by atoms with Crippen molar-refractivity contribution in [2.24, 2.45) is 0 Å². The van der Waals surface area contributed by atoms with E-state index in [0.717, 1.165) is 6.61 Å². The van der Waals surface area contributed by atoms with Crippen molar-refractivity contribution in [3.05, 3.63) is 0 Å². The maximum atomic E-state index is 4.90. The van der Waals surface area contributed by atoms with Crippen LogP contribution in [0.25, 0.3) is 0 Å². The number of hydrogen-bond acceptors (Lipinski definition) is 1. The quantitative estimate of drug-likeness (QED) is 0.478. The molecule has 0 N–H and O–H groups in total. The zero-order chi connectivity index (χ0) is 8.62. The van der Waals surface area contributed by atoms with Crippen molar-refractivity contribution in [1.82, 2.24) is 0 Å². The van der Waals surface area contributed by atoms with Gasteiger partial charge in [-0.15, -0.1) is 0 Å². The maximum Gasteiger partial charge on any atom is 0.0860 e. The van der Waals surface area contributed by atoms with E-state index in [2.05, 4.69) is 27.7 Å². The summed E-state index contributed by atoms with van der Waals surface area (Å²) in [5, 5.41) is 0. The smallest absolute Gasteiger partial charge is 0.0860 e. The summed E-state index contributed by atoms with van der Waals surface area (Å²) in [6, 6.07) is 0. The van der Waals surface area contributed by atoms with E-state index < -0.39 is 0 Å². The summed E-state index contributed by atoms with van der Waals surface area (Å²) < 4.78 is 4.90. The Morgan fingerprint density at radius 2 is 1.30 bits per heavy atom. The second kappa shape index (κ2) is 7.07. The zero-order valence-corrected chi connectivity index (χ0v) is 8.32. The monoisotopic (exact) mass is 146 g/mol. The van der Waals surface area contributed by atoms with Gasteiger partial charge in [-0.25, -0.2) is 0 Å². The molecule has 1 saturated heterocycles. The molecule has 0 aromatic rings. The highest BCUT2D eigenvalue weighted by molar-refractivity contribution is 4.79. The minimum atomic E-state index is 0.250. The Bertz CT molecular complexity index is 51.7. The molecule has 0 bridgehead atoms. The largest absolute Gasteiger partial charge is 0.370 e. The molecule has 10 heavy (non-hydrogen) atoms. The van der Waals surface area contributed by atoms with Crippen LogP contribution in [0, 0.1) is 0 Å². The number of epoxide rings is 1. The SMILES string of the molecule is CC.CC1(C)CO1.CCC. The highest BCUT2D eigenvalue weighted by atomic mass is 16.6. The van der Waals surface area contributed by atoms with Crippen LogP contribution in [0.3, 0.4) is 0 Å². The van der Waals surface area contributed by atoms with Crippen molar-refractivity contribution in [2.45, 2.75) is 53.6 Å². The lowest BCUT2D eigenvalue weighted by Gasteiger charge is -1.81. The normalized spacial score (nSPS) is 17.4. The predicted molar refractivity (Wildman–Crippen MR) is 47.3 cm³/mol. The Morgan fingerprint density at radius 3 is 1.30 bits per heavy atom. The Hall–Kier alpha value is -0.0400. The summed E-state index contributed by atoms with van der Waals surface area (Å²) in [4.78, 5) is 0. The minimum Gasteiger partial charge on any atom is -0.370 e. The molecule has 1 nitrogen and oxygen atoms in total. The first-order chi connectivity index (χ1) is 4.62. The van der Waals surface area contributed by atoms with Crippen LogP contribution >= 0.6 is 0 Å². The number of rotatable bonds is 0. The van der Waals surface area contributed by atoms with Gasteiger partial charge in [0.25, 0.3) is 0 Å². The molecule has 1 aliphatic heterocycles. The predicted octanol–water partition coefficient (Wildman–Crippen LogP) is 3.24. The van der Waals surface area contributed by atoms with Crippen molar-refractivity contribution in [1.29, 1.82) is 0 Å². The fourth-order valence-electron chi connectivity index (χ4n) is 0.144. The van der Waals surface area contributed by atoms with E-state index in [-0.39, 0.29) is 5.60 Å². The van der Waals surface area contributed by atoms with Crippen LogP contribution in [0.2, 0.25) is 0 Å². The third-order valence-corrected chi connectivity index (χ3v) is 0.722. The van der Waals surface area contributed by atoms with E-state index in [9.17, 15) is 0 Å². The molecule has 0 unspecified atom stereocenters. The molecule has 64 valence electrons. The molecule has 0 aliphatic carbocycles. The van der Waals surface area contributed by atoms with Crippen molar-refractivity contribution >= 4 is 0 Å². The average molecular weight is 146 g/mol. The van der Waals surface area contributed by atoms with E-state index in [0.29, 0.717) is 0 Å². The molecule has 0 atom stereocenters. The lowest BCUT2D eigenvalue weighted by Crippen LogP contribution is -1.90. The van der Waals surface area contributed by atoms with Crippen molar-refractivity contribution < 1.29 is 4.74 Å². The molecule has 0 saturated carbocycles. The van der Waals surface area contributed by atoms with Crippen LogP contribution in [-0.4, -0.2) is 12.2 Å². The fraction of sp³-hybridized carbons (Fsp3) is 1.00. The second-order valence-corrected chi connectivity index (χ2v) is 2.76. The molecule has 1 heterocycles. The van der Waals surface area contributed by atoms with Gasteiger partial charge < -0.3 is 4.74 Å². The van der Waals surface area contributed by atoms with Crippen molar-refractivity contribution in [3.63, 3.8) is 0 Å². The van der Waals surface area contributed by atoms with E-state index >= 15 is 0 Å². The molecule has 0 aromatic heterocycles. The molecule has 1 rings (SSSR count). The van der Waals surface area contributed by atoms with Gasteiger partial charge >= 0.3 is 0 Å².